The number of hydrogen-bond acceptors (Lipinski definition) is 6. The second-order valence-corrected chi connectivity index (χ2v) is 17.1. The van der Waals surface area contributed by atoms with Gasteiger partial charge in [-0.2, -0.15) is 5.10 Å². The molecule has 8 nitrogen and oxygen atoms in total. The van der Waals surface area contributed by atoms with Crippen molar-refractivity contribution in [1.82, 2.24) is 15.0 Å². The third kappa shape index (κ3) is 7.61. The molecule has 10 heteroatoms. The van der Waals surface area contributed by atoms with Gasteiger partial charge < -0.3 is 14.0 Å². The van der Waals surface area contributed by atoms with E-state index in [0.29, 0.717) is 31.5 Å². The second kappa shape index (κ2) is 14.4. The lowest BCUT2D eigenvalue weighted by Crippen LogP contribution is -2.36. The molecule has 1 aromatic heterocycles. The van der Waals surface area contributed by atoms with Gasteiger partial charge in [0.05, 0.1) is 41.8 Å². The van der Waals surface area contributed by atoms with E-state index in [1.165, 1.54) is 5.01 Å². The van der Waals surface area contributed by atoms with Gasteiger partial charge in [0.25, 0.3) is 0 Å². The number of aryl methyl sites for hydroxylation is 2. The van der Waals surface area contributed by atoms with Crippen LogP contribution < -0.4 is 5.01 Å². The molecule has 3 heterocycles. The highest BCUT2D eigenvalue weighted by Gasteiger charge is 2.50. The maximum absolute atomic E-state index is 15.8. The molecule has 6 rings (SSSR count). The zero-order valence-corrected chi connectivity index (χ0v) is 28.4. The van der Waals surface area contributed by atoms with E-state index in [1.54, 1.807) is 17.8 Å². The van der Waals surface area contributed by atoms with Gasteiger partial charge in [-0.3, -0.25) is 9.48 Å². The molecule has 0 aliphatic carbocycles. The molecule has 1 fully saturated rings. The van der Waals surface area contributed by atoms with Gasteiger partial charge in [-0.1, -0.05) is 84.9 Å². The Kier molecular flexibility index (Phi) is 10.1. The van der Waals surface area contributed by atoms with E-state index in [0.717, 1.165) is 40.9 Å². The zero-order chi connectivity index (χ0) is 33.0. The van der Waals surface area contributed by atoms with Gasteiger partial charge in [-0.05, 0) is 67.1 Å². The van der Waals surface area contributed by atoms with Gasteiger partial charge >= 0.3 is 0 Å². The van der Waals surface area contributed by atoms with E-state index in [-0.39, 0.29) is 42.1 Å². The standard InChI is InChI=1S/C37H44FN5O3Si/c1-26-34(19-17-27-11-10-16-30(23-27)43-36(45)20-18-32(40-43)29-14-8-5-9-15-29)46-35(37(26)47(2,3)38)21-22-42-24-33(39-41-42)31(25-44)28-12-6-4-7-13-28/h4-16,23-24,26,31,34-35,37,44H,17-22,25H2,1-3H3/t26-,31?,34+,35-,37+/m0/s1. The summed E-state index contributed by atoms with van der Waals surface area (Å²) in [5, 5.41) is 25.0. The van der Waals surface area contributed by atoms with Gasteiger partial charge in [-0.15, -0.1) is 5.10 Å². The minimum Gasteiger partial charge on any atom is -0.395 e. The quantitative estimate of drug-likeness (QED) is 0.133. The fraction of sp³-hybridized carbons (Fsp3) is 0.405. The van der Waals surface area contributed by atoms with E-state index in [4.69, 9.17) is 9.84 Å². The summed E-state index contributed by atoms with van der Waals surface area (Å²) in [4.78, 5) is 12.9. The van der Waals surface area contributed by atoms with Crippen LogP contribution in [0.1, 0.15) is 60.9 Å². The number of aliphatic hydroxyl groups excluding tert-OH is 1. The number of benzene rings is 3. The molecule has 2 aliphatic rings. The fourth-order valence-electron chi connectivity index (χ4n) is 7.29. The number of halogens is 1. The SMILES string of the molecule is C[C@@H]1[C@@H]([Si](C)(C)F)[C@H](CCn2cc(C(CO)c3ccccc3)nn2)O[C@@H]1CCc1cccc(N2N=C(c3ccccc3)CCC2=O)c1. The number of carbonyl (C=O) groups is 1. The summed E-state index contributed by atoms with van der Waals surface area (Å²) in [5.74, 6) is -0.173. The van der Waals surface area contributed by atoms with Crippen LogP contribution in [-0.4, -0.2) is 58.9 Å². The highest BCUT2D eigenvalue weighted by molar-refractivity contribution is 6.72. The monoisotopic (exact) mass is 653 g/mol. The second-order valence-electron chi connectivity index (χ2n) is 13.3. The molecule has 0 bridgehead atoms. The van der Waals surface area contributed by atoms with Crippen molar-refractivity contribution in [3.05, 3.63) is 114 Å². The maximum atomic E-state index is 15.8. The molecule has 4 aromatic rings. The first-order chi connectivity index (χ1) is 22.7. The van der Waals surface area contributed by atoms with Crippen LogP contribution in [0, 0.1) is 5.92 Å². The highest BCUT2D eigenvalue weighted by Crippen LogP contribution is 2.47. The summed E-state index contributed by atoms with van der Waals surface area (Å²) in [5.41, 5.74) is 5.36. The number of hydrogen-bond donors (Lipinski definition) is 1. The molecule has 2 aliphatic heterocycles. The van der Waals surface area contributed by atoms with Crippen LogP contribution in [0.25, 0.3) is 0 Å². The minimum absolute atomic E-state index is 0.0122. The molecule has 1 amide bonds. The summed E-state index contributed by atoms with van der Waals surface area (Å²) in [7, 11) is -3.04. The maximum Gasteiger partial charge on any atom is 0.247 e. The molecule has 1 N–H and O–H groups in total. The lowest BCUT2D eigenvalue weighted by atomic mass is 9.95. The van der Waals surface area contributed by atoms with Crippen molar-refractivity contribution in [1.29, 1.82) is 0 Å². The van der Waals surface area contributed by atoms with Crippen LogP contribution >= 0.6 is 0 Å². The Morgan fingerprint density at radius 2 is 1.72 bits per heavy atom. The van der Waals surface area contributed by atoms with Gasteiger partial charge in [0.1, 0.15) is 0 Å². The van der Waals surface area contributed by atoms with Gasteiger partial charge in [0.15, 0.2) is 0 Å². The Bertz CT molecular complexity index is 1680. The van der Waals surface area contributed by atoms with Crippen molar-refractivity contribution in [2.24, 2.45) is 11.0 Å². The van der Waals surface area contributed by atoms with Crippen LogP contribution in [0.4, 0.5) is 9.80 Å². The van der Waals surface area contributed by atoms with Crippen molar-refractivity contribution in [3.8, 4) is 0 Å². The molecule has 0 spiro atoms. The van der Waals surface area contributed by atoms with E-state index in [9.17, 15) is 9.90 Å². The minimum atomic E-state index is -3.04. The lowest BCUT2D eigenvalue weighted by Gasteiger charge is -2.28. The average Bonchev–Trinajstić information content (AvgIpc) is 3.68. The van der Waals surface area contributed by atoms with E-state index >= 15 is 4.11 Å². The number of aromatic nitrogens is 3. The first kappa shape index (κ1) is 32.9. The molecule has 0 radical (unpaired) electrons. The number of anilines is 1. The molecule has 0 saturated carbocycles. The summed E-state index contributed by atoms with van der Waals surface area (Å²) < 4.78 is 24.2. The molecule has 1 unspecified atom stereocenters. The van der Waals surface area contributed by atoms with Crippen molar-refractivity contribution in [3.63, 3.8) is 0 Å². The van der Waals surface area contributed by atoms with Gasteiger partial charge in [0.2, 0.25) is 14.3 Å². The van der Waals surface area contributed by atoms with Crippen LogP contribution in [0.2, 0.25) is 18.6 Å². The Morgan fingerprint density at radius 3 is 2.45 bits per heavy atom. The summed E-state index contributed by atoms with van der Waals surface area (Å²) in [6.07, 6.45) is 4.80. The molecule has 1 saturated heterocycles. The van der Waals surface area contributed by atoms with Crippen LogP contribution in [0.5, 0.6) is 0 Å². The van der Waals surface area contributed by atoms with Crippen molar-refractivity contribution < 1.29 is 18.7 Å². The molecule has 47 heavy (non-hydrogen) atoms. The highest BCUT2D eigenvalue weighted by atomic mass is 28.4. The Hall–Kier alpha value is -3.99. The number of nitrogens with zero attached hydrogens (tertiary/aromatic N) is 5. The summed E-state index contributed by atoms with van der Waals surface area (Å²) in [6, 6.07) is 27.8. The third-order valence-electron chi connectivity index (χ3n) is 9.65. The average molecular weight is 654 g/mol. The largest absolute Gasteiger partial charge is 0.395 e. The number of carbonyl (C=O) groups excluding carboxylic acids is 1. The third-order valence-corrected chi connectivity index (χ3v) is 12.1. The first-order valence-electron chi connectivity index (χ1n) is 16.7. The number of hydrazone groups is 1. The van der Waals surface area contributed by atoms with Crippen molar-refractivity contribution in [2.75, 3.05) is 11.6 Å². The summed E-state index contributed by atoms with van der Waals surface area (Å²) >= 11 is 0. The van der Waals surface area contributed by atoms with Crippen molar-refractivity contribution >= 4 is 25.7 Å². The Labute approximate surface area is 277 Å². The van der Waals surface area contributed by atoms with E-state index in [2.05, 4.69) is 23.3 Å². The van der Waals surface area contributed by atoms with Crippen LogP contribution in [0.15, 0.2) is 96.2 Å². The van der Waals surface area contributed by atoms with Crippen LogP contribution in [0.3, 0.4) is 0 Å². The van der Waals surface area contributed by atoms with Crippen LogP contribution in [-0.2, 0) is 22.5 Å². The van der Waals surface area contributed by atoms with E-state index < -0.39 is 8.41 Å². The number of ether oxygens (including phenoxy) is 1. The number of aliphatic hydroxyl groups is 1. The fourth-order valence-corrected chi connectivity index (χ4v) is 9.88. The van der Waals surface area contributed by atoms with Gasteiger partial charge in [0, 0.05) is 31.1 Å². The van der Waals surface area contributed by atoms with Gasteiger partial charge in [-0.25, -0.2) is 5.01 Å². The lowest BCUT2D eigenvalue weighted by molar-refractivity contribution is -0.118. The molecular formula is C37H44FN5O3Si. The zero-order valence-electron chi connectivity index (χ0n) is 27.4. The molecule has 3 aromatic carbocycles. The Balaban J connectivity index is 1.11. The predicted molar refractivity (Wildman–Crippen MR) is 185 cm³/mol. The number of rotatable bonds is 12. The molecule has 5 atom stereocenters. The molecule has 246 valence electrons. The van der Waals surface area contributed by atoms with Crippen molar-refractivity contribution in [2.45, 2.75) is 82.3 Å². The predicted octanol–water partition coefficient (Wildman–Crippen LogP) is 6.90. The normalized spacial score (nSPS) is 22.4. The smallest absolute Gasteiger partial charge is 0.247 e. The number of amides is 1. The summed E-state index contributed by atoms with van der Waals surface area (Å²) in [6.45, 7) is 6.20. The first-order valence-corrected chi connectivity index (χ1v) is 19.6. The topological polar surface area (TPSA) is 92.8 Å². The Morgan fingerprint density at radius 1 is 0.979 bits per heavy atom. The molecular weight excluding hydrogens is 610 g/mol. The van der Waals surface area contributed by atoms with E-state index in [1.807, 2.05) is 85.1 Å².